The molecule has 0 aliphatic rings. The summed E-state index contributed by atoms with van der Waals surface area (Å²) in [6, 6.07) is 4.21. The van der Waals surface area contributed by atoms with Crippen molar-refractivity contribution in [3.05, 3.63) is 28.2 Å². The number of carbonyl (C=O) groups excluding carboxylic acids is 1. The fourth-order valence-electron chi connectivity index (χ4n) is 1.05. The third-order valence-electron chi connectivity index (χ3n) is 1.75. The van der Waals surface area contributed by atoms with Crippen molar-refractivity contribution >= 4 is 40.9 Å². The monoisotopic (exact) mass is 272 g/mol. The van der Waals surface area contributed by atoms with Crippen molar-refractivity contribution in [3.63, 3.8) is 0 Å². The molecule has 1 aromatic heterocycles. The number of hydrogen-bond acceptors (Lipinski definition) is 4. The van der Waals surface area contributed by atoms with Crippen molar-refractivity contribution in [2.24, 2.45) is 0 Å². The maximum Gasteiger partial charge on any atom is 0.326 e. The average Bonchev–Trinajstić information content (AvgIpc) is 2.76. The maximum atomic E-state index is 11.5. The molecule has 0 fully saturated rings. The Morgan fingerprint density at radius 3 is 2.71 bits per heavy atom. The van der Waals surface area contributed by atoms with E-state index in [-0.39, 0.29) is 5.95 Å². The molecule has 0 unspecified atom stereocenters. The highest BCUT2D eigenvalue weighted by Crippen LogP contribution is 2.24. The second-order valence-electron chi connectivity index (χ2n) is 2.94. The Labute approximate surface area is 105 Å². The van der Waals surface area contributed by atoms with Crippen LogP contribution >= 0.6 is 23.2 Å². The third-order valence-corrected chi connectivity index (χ3v) is 2.49. The highest BCUT2D eigenvalue weighted by molar-refractivity contribution is 6.42. The number of anilines is 2. The number of aromatic amines is 1. The smallest absolute Gasteiger partial charge is 0.308 e. The number of amides is 2. The zero-order valence-corrected chi connectivity index (χ0v) is 9.75. The molecular formula is C8H6Cl2N6O. The molecular weight excluding hydrogens is 267 g/mol. The first-order chi connectivity index (χ1) is 8.15. The summed E-state index contributed by atoms with van der Waals surface area (Å²) >= 11 is 11.5. The third kappa shape index (κ3) is 3.05. The molecule has 9 heteroatoms. The number of benzene rings is 1. The first-order valence-corrected chi connectivity index (χ1v) is 5.17. The van der Waals surface area contributed by atoms with Crippen LogP contribution in [0, 0.1) is 0 Å². The molecule has 1 heterocycles. The zero-order chi connectivity index (χ0) is 12.3. The van der Waals surface area contributed by atoms with Crippen LogP contribution in [0.25, 0.3) is 0 Å². The van der Waals surface area contributed by atoms with Crippen molar-refractivity contribution in [1.29, 1.82) is 0 Å². The van der Waals surface area contributed by atoms with Gasteiger partial charge >= 0.3 is 6.03 Å². The van der Waals surface area contributed by atoms with Crippen LogP contribution in [0.15, 0.2) is 18.2 Å². The van der Waals surface area contributed by atoms with Gasteiger partial charge in [-0.3, -0.25) is 5.32 Å². The minimum absolute atomic E-state index is 0.0718. The minimum Gasteiger partial charge on any atom is -0.308 e. The molecule has 0 radical (unpaired) electrons. The topological polar surface area (TPSA) is 95.6 Å². The van der Waals surface area contributed by atoms with E-state index in [1.165, 1.54) is 6.07 Å². The summed E-state index contributed by atoms with van der Waals surface area (Å²) in [4.78, 5) is 11.5. The molecule has 88 valence electrons. The molecule has 0 spiro atoms. The van der Waals surface area contributed by atoms with Crippen LogP contribution in [0.2, 0.25) is 10.0 Å². The van der Waals surface area contributed by atoms with Gasteiger partial charge in [0, 0.05) is 5.69 Å². The fraction of sp³-hybridized carbons (Fsp3) is 0. The van der Waals surface area contributed by atoms with E-state index in [0.29, 0.717) is 15.7 Å². The highest BCUT2D eigenvalue weighted by Gasteiger charge is 2.06. The van der Waals surface area contributed by atoms with E-state index in [1.54, 1.807) is 12.1 Å². The lowest BCUT2D eigenvalue weighted by Gasteiger charge is -2.05. The zero-order valence-electron chi connectivity index (χ0n) is 8.24. The van der Waals surface area contributed by atoms with Gasteiger partial charge in [0.15, 0.2) is 0 Å². The molecule has 2 rings (SSSR count). The average molecular weight is 273 g/mol. The highest BCUT2D eigenvalue weighted by atomic mass is 35.5. The van der Waals surface area contributed by atoms with Gasteiger partial charge < -0.3 is 5.32 Å². The second-order valence-corrected chi connectivity index (χ2v) is 3.76. The van der Waals surface area contributed by atoms with E-state index in [2.05, 4.69) is 31.3 Å². The lowest BCUT2D eigenvalue weighted by atomic mass is 10.3. The molecule has 1 aromatic carbocycles. The van der Waals surface area contributed by atoms with Crippen molar-refractivity contribution in [1.82, 2.24) is 20.6 Å². The number of H-pyrrole nitrogens is 1. The van der Waals surface area contributed by atoms with E-state index in [9.17, 15) is 4.79 Å². The molecule has 7 nitrogen and oxygen atoms in total. The number of urea groups is 1. The molecule has 0 saturated carbocycles. The number of nitrogens with zero attached hydrogens (tertiary/aromatic N) is 3. The predicted octanol–water partition coefficient (Wildman–Crippen LogP) is 2.15. The Balaban J connectivity index is 2.00. The molecule has 0 aliphatic carbocycles. The van der Waals surface area contributed by atoms with E-state index in [4.69, 9.17) is 23.2 Å². The largest absolute Gasteiger partial charge is 0.326 e. The summed E-state index contributed by atoms with van der Waals surface area (Å²) in [6.45, 7) is 0. The molecule has 0 atom stereocenters. The fourth-order valence-corrected chi connectivity index (χ4v) is 1.35. The van der Waals surface area contributed by atoms with Crippen LogP contribution in [0.5, 0.6) is 0 Å². The standard InChI is InChI=1S/C8H6Cl2N6O/c9-5-2-1-4(3-6(5)10)11-8(17)12-7-13-15-16-14-7/h1-3H,(H3,11,12,13,14,15,16,17). The first-order valence-electron chi connectivity index (χ1n) is 4.41. The van der Waals surface area contributed by atoms with Crippen LogP contribution in [0.3, 0.4) is 0 Å². The molecule has 0 aliphatic heterocycles. The Morgan fingerprint density at radius 2 is 2.06 bits per heavy atom. The number of hydrogen-bond donors (Lipinski definition) is 3. The number of aromatic nitrogens is 4. The van der Waals surface area contributed by atoms with Crippen molar-refractivity contribution in [3.8, 4) is 0 Å². The summed E-state index contributed by atoms with van der Waals surface area (Å²) < 4.78 is 0. The van der Waals surface area contributed by atoms with Gasteiger partial charge in [0.1, 0.15) is 0 Å². The lowest BCUT2D eigenvalue weighted by molar-refractivity contribution is 0.262. The quantitative estimate of drug-likeness (QED) is 0.781. The van der Waals surface area contributed by atoms with E-state index in [0.717, 1.165) is 0 Å². The van der Waals surface area contributed by atoms with Crippen LogP contribution in [-0.4, -0.2) is 26.7 Å². The van der Waals surface area contributed by atoms with Crippen LogP contribution in [-0.2, 0) is 0 Å². The lowest BCUT2D eigenvalue weighted by Crippen LogP contribution is -2.20. The van der Waals surface area contributed by atoms with Gasteiger partial charge in [0.05, 0.1) is 10.0 Å². The van der Waals surface area contributed by atoms with Crippen LogP contribution in [0.1, 0.15) is 0 Å². The molecule has 2 amide bonds. The van der Waals surface area contributed by atoms with Gasteiger partial charge in [-0.2, -0.15) is 5.21 Å². The number of tetrazole rings is 1. The second kappa shape index (κ2) is 4.98. The number of rotatable bonds is 2. The van der Waals surface area contributed by atoms with E-state index < -0.39 is 6.03 Å². The molecule has 0 bridgehead atoms. The van der Waals surface area contributed by atoms with E-state index >= 15 is 0 Å². The summed E-state index contributed by atoms with van der Waals surface area (Å²) in [5.41, 5.74) is 0.500. The maximum absolute atomic E-state index is 11.5. The van der Waals surface area contributed by atoms with Gasteiger partial charge in [-0.1, -0.05) is 28.3 Å². The first kappa shape index (κ1) is 11.6. The Kier molecular flexibility index (Phi) is 3.40. The van der Waals surface area contributed by atoms with E-state index in [1.807, 2.05) is 0 Å². The molecule has 17 heavy (non-hydrogen) atoms. The Hall–Kier alpha value is -1.86. The molecule has 0 saturated heterocycles. The summed E-state index contributed by atoms with van der Waals surface area (Å²) in [5, 5.41) is 18.3. The molecule has 3 N–H and O–H groups in total. The minimum atomic E-state index is -0.509. The summed E-state index contributed by atoms with van der Waals surface area (Å²) in [5.74, 6) is 0.0718. The van der Waals surface area contributed by atoms with Gasteiger partial charge in [-0.05, 0) is 23.4 Å². The number of nitrogens with one attached hydrogen (secondary N) is 3. The van der Waals surface area contributed by atoms with Crippen molar-refractivity contribution in [2.75, 3.05) is 10.6 Å². The SMILES string of the molecule is O=C(Nc1ccc(Cl)c(Cl)c1)Nc1nn[nH]n1. The van der Waals surface area contributed by atoms with Crippen molar-refractivity contribution < 1.29 is 4.79 Å². The van der Waals surface area contributed by atoms with Crippen LogP contribution in [0.4, 0.5) is 16.4 Å². The number of halogens is 2. The Morgan fingerprint density at radius 1 is 1.24 bits per heavy atom. The van der Waals surface area contributed by atoms with Gasteiger partial charge in [0.25, 0.3) is 5.95 Å². The Bertz CT molecular complexity index is 529. The van der Waals surface area contributed by atoms with Gasteiger partial charge in [-0.25, -0.2) is 4.79 Å². The normalized spacial score (nSPS) is 10.0. The van der Waals surface area contributed by atoms with Crippen molar-refractivity contribution in [2.45, 2.75) is 0 Å². The summed E-state index contributed by atoms with van der Waals surface area (Å²) in [7, 11) is 0. The molecule has 2 aromatic rings. The number of carbonyl (C=O) groups is 1. The van der Waals surface area contributed by atoms with Gasteiger partial charge in [-0.15, -0.1) is 5.10 Å². The predicted molar refractivity (Wildman–Crippen MR) is 63.3 cm³/mol. The summed E-state index contributed by atoms with van der Waals surface area (Å²) in [6.07, 6.45) is 0. The van der Waals surface area contributed by atoms with Gasteiger partial charge in [0.2, 0.25) is 0 Å². The van der Waals surface area contributed by atoms with Crippen LogP contribution < -0.4 is 10.6 Å².